The zero-order chi connectivity index (χ0) is 8.36. The first-order valence-corrected chi connectivity index (χ1v) is 3.75. The van der Waals surface area contributed by atoms with Gasteiger partial charge in [-0.05, 0) is 6.92 Å². The zero-order valence-electron chi connectivity index (χ0n) is 6.97. The highest BCUT2D eigenvalue weighted by atomic mass is 16.5. The standard InChI is InChI=1S/C9H15NO/c1-3-5-8-11-9-7-10-6-4-2/h2-3,5,10H,6-9H2,1H3. The van der Waals surface area contributed by atoms with Crippen LogP contribution in [0.15, 0.2) is 12.2 Å². The SMILES string of the molecule is C#CCNCCOCC=CC. The van der Waals surface area contributed by atoms with E-state index >= 15 is 0 Å². The minimum absolute atomic E-state index is 0.618. The second-order valence-electron chi connectivity index (χ2n) is 2.02. The Balaban J connectivity index is 2.86. The van der Waals surface area contributed by atoms with Crippen molar-refractivity contribution >= 4 is 0 Å². The van der Waals surface area contributed by atoms with Crippen molar-refractivity contribution in [1.82, 2.24) is 5.32 Å². The van der Waals surface area contributed by atoms with E-state index in [0.29, 0.717) is 19.8 Å². The van der Waals surface area contributed by atoms with Crippen molar-refractivity contribution in [2.45, 2.75) is 6.92 Å². The summed E-state index contributed by atoms with van der Waals surface area (Å²) in [5, 5.41) is 3.03. The summed E-state index contributed by atoms with van der Waals surface area (Å²) in [6, 6.07) is 0. The molecule has 0 aromatic heterocycles. The Kier molecular flexibility index (Phi) is 8.57. The smallest absolute Gasteiger partial charge is 0.0647 e. The molecule has 2 nitrogen and oxygen atoms in total. The first kappa shape index (κ1) is 10.2. The van der Waals surface area contributed by atoms with E-state index in [-0.39, 0.29) is 0 Å². The van der Waals surface area contributed by atoms with Crippen LogP contribution in [0.3, 0.4) is 0 Å². The largest absolute Gasteiger partial charge is 0.376 e. The normalized spacial score (nSPS) is 10.2. The lowest BCUT2D eigenvalue weighted by molar-refractivity contribution is 0.165. The van der Waals surface area contributed by atoms with Gasteiger partial charge in [-0.1, -0.05) is 18.1 Å². The summed E-state index contributed by atoms with van der Waals surface area (Å²) in [5.41, 5.74) is 0. The molecule has 0 heterocycles. The third-order valence-electron chi connectivity index (χ3n) is 1.10. The molecule has 62 valence electrons. The molecule has 0 rings (SSSR count). The van der Waals surface area contributed by atoms with Gasteiger partial charge in [0.15, 0.2) is 0 Å². The van der Waals surface area contributed by atoms with E-state index in [2.05, 4.69) is 11.2 Å². The van der Waals surface area contributed by atoms with Crippen molar-refractivity contribution in [3.63, 3.8) is 0 Å². The van der Waals surface area contributed by atoms with E-state index in [1.807, 2.05) is 19.1 Å². The summed E-state index contributed by atoms with van der Waals surface area (Å²) < 4.78 is 5.20. The molecule has 0 aromatic carbocycles. The van der Waals surface area contributed by atoms with Crippen molar-refractivity contribution in [2.24, 2.45) is 0 Å². The lowest BCUT2D eigenvalue weighted by atomic mass is 10.5. The van der Waals surface area contributed by atoms with Gasteiger partial charge in [-0.25, -0.2) is 0 Å². The summed E-state index contributed by atoms with van der Waals surface area (Å²) in [5.74, 6) is 2.49. The Morgan fingerprint density at radius 3 is 3.09 bits per heavy atom. The second kappa shape index (κ2) is 9.22. The summed E-state index contributed by atoms with van der Waals surface area (Å²) in [6.45, 7) is 4.81. The van der Waals surface area contributed by atoms with Crippen molar-refractivity contribution in [2.75, 3.05) is 26.3 Å². The van der Waals surface area contributed by atoms with E-state index in [4.69, 9.17) is 11.2 Å². The molecule has 0 aliphatic heterocycles. The third-order valence-corrected chi connectivity index (χ3v) is 1.10. The summed E-state index contributed by atoms with van der Waals surface area (Å²) in [6.07, 6.45) is 8.97. The van der Waals surface area contributed by atoms with Gasteiger partial charge in [0.2, 0.25) is 0 Å². The van der Waals surface area contributed by atoms with Gasteiger partial charge in [0.1, 0.15) is 0 Å². The fourth-order valence-electron chi connectivity index (χ4n) is 0.552. The van der Waals surface area contributed by atoms with Gasteiger partial charge < -0.3 is 10.1 Å². The number of hydrogen-bond acceptors (Lipinski definition) is 2. The predicted molar refractivity (Wildman–Crippen MR) is 47.3 cm³/mol. The van der Waals surface area contributed by atoms with Crippen LogP contribution in [-0.4, -0.2) is 26.3 Å². The Bertz CT molecular complexity index is 135. The first-order valence-electron chi connectivity index (χ1n) is 3.75. The fourth-order valence-corrected chi connectivity index (χ4v) is 0.552. The molecule has 0 saturated carbocycles. The van der Waals surface area contributed by atoms with Crippen LogP contribution in [0.5, 0.6) is 0 Å². The highest BCUT2D eigenvalue weighted by Gasteiger charge is 1.83. The molecule has 0 aliphatic carbocycles. The maximum absolute atomic E-state index is 5.20. The van der Waals surface area contributed by atoms with Crippen molar-refractivity contribution in [3.05, 3.63) is 12.2 Å². The van der Waals surface area contributed by atoms with Gasteiger partial charge in [-0.3, -0.25) is 0 Å². The maximum Gasteiger partial charge on any atom is 0.0647 e. The lowest BCUT2D eigenvalue weighted by Crippen LogP contribution is -2.19. The number of rotatable bonds is 6. The van der Waals surface area contributed by atoms with Gasteiger partial charge in [0.25, 0.3) is 0 Å². The maximum atomic E-state index is 5.20. The zero-order valence-corrected chi connectivity index (χ0v) is 6.97. The van der Waals surface area contributed by atoms with Gasteiger partial charge in [0, 0.05) is 6.54 Å². The van der Waals surface area contributed by atoms with Crippen LogP contribution in [0.2, 0.25) is 0 Å². The lowest BCUT2D eigenvalue weighted by Gasteiger charge is -2.00. The highest BCUT2D eigenvalue weighted by Crippen LogP contribution is 1.75. The first-order chi connectivity index (χ1) is 5.41. The Morgan fingerprint density at radius 2 is 2.45 bits per heavy atom. The van der Waals surface area contributed by atoms with Crippen LogP contribution in [-0.2, 0) is 4.74 Å². The minimum Gasteiger partial charge on any atom is -0.376 e. The van der Waals surface area contributed by atoms with Gasteiger partial charge in [-0.2, -0.15) is 0 Å². The average Bonchev–Trinajstić information content (AvgIpc) is 2.03. The molecule has 0 fully saturated rings. The molecule has 0 bridgehead atoms. The number of terminal acetylenes is 1. The highest BCUT2D eigenvalue weighted by molar-refractivity contribution is 4.86. The van der Waals surface area contributed by atoms with Crippen LogP contribution < -0.4 is 5.32 Å². The molecule has 0 aliphatic rings. The van der Waals surface area contributed by atoms with Crippen molar-refractivity contribution < 1.29 is 4.74 Å². The fraction of sp³-hybridized carbons (Fsp3) is 0.556. The van der Waals surface area contributed by atoms with Gasteiger partial charge in [0.05, 0.1) is 19.8 Å². The predicted octanol–water partition coefficient (Wildman–Crippen LogP) is 0.802. The van der Waals surface area contributed by atoms with Crippen LogP contribution in [0, 0.1) is 12.3 Å². The minimum atomic E-state index is 0.618. The third kappa shape index (κ3) is 9.22. The molecule has 0 unspecified atom stereocenters. The van der Waals surface area contributed by atoms with Crippen LogP contribution in [0.1, 0.15) is 6.92 Å². The average molecular weight is 153 g/mol. The molecule has 1 N–H and O–H groups in total. The molecule has 0 spiro atoms. The molecule has 0 saturated heterocycles. The molecule has 2 heteroatoms. The van der Waals surface area contributed by atoms with Crippen molar-refractivity contribution in [1.29, 1.82) is 0 Å². The molecular formula is C9H15NO. The number of ether oxygens (including phenoxy) is 1. The summed E-state index contributed by atoms with van der Waals surface area (Å²) >= 11 is 0. The number of nitrogens with one attached hydrogen (secondary N) is 1. The van der Waals surface area contributed by atoms with E-state index < -0.39 is 0 Å². The van der Waals surface area contributed by atoms with Crippen LogP contribution in [0.25, 0.3) is 0 Å². The van der Waals surface area contributed by atoms with Crippen LogP contribution in [0.4, 0.5) is 0 Å². The van der Waals surface area contributed by atoms with E-state index in [9.17, 15) is 0 Å². The Labute approximate surface area is 68.6 Å². The van der Waals surface area contributed by atoms with Crippen LogP contribution >= 0.6 is 0 Å². The summed E-state index contributed by atoms with van der Waals surface area (Å²) in [4.78, 5) is 0. The topological polar surface area (TPSA) is 21.3 Å². The molecule has 0 atom stereocenters. The van der Waals surface area contributed by atoms with Gasteiger partial charge in [-0.15, -0.1) is 6.42 Å². The number of hydrogen-bond donors (Lipinski definition) is 1. The van der Waals surface area contributed by atoms with E-state index in [1.54, 1.807) is 0 Å². The molecule has 0 radical (unpaired) electrons. The Hall–Kier alpha value is -0.780. The van der Waals surface area contributed by atoms with Crippen molar-refractivity contribution in [3.8, 4) is 12.3 Å². The summed E-state index contributed by atoms with van der Waals surface area (Å²) in [7, 11) is 0. The molecule has 0 amide bonds. The Morgan fingerprint density at radius 1 is 1.64 bits per heavy atom. The van der Waals surface area contributed by atoms with Gasteiger partial charge >= 0.3 is 0 Å². The second-order valence-corrected chi connectivity index (χ2v) is 2.02. The number of allylic oxidation sites excluding steroid dienone is 1. The van der Waals surface area contributed by atoms with E-state index in [0.717, 1.165) is 6.54 Å². The molecule has 11 heavy (non-hydrogen) atoms. The quantitative estimate of drug-likeness (QED) is 0.346. The molecular weight excluding hydrogens is 138 g/mol. The monoisotopic (exact) mass is 153 g/mol. The molecule has 0 aromatic rings. The van der Waals surface area contributed by atoms with E-state index in [1.165, 1.54) is 0 Å².